The molecule has 1 aliphatic rings. The molecule has 11 heteroatoms. The van der Waals surface area contributed by atoms with Crippen molar-refractivity contribution < 1.29 is 32.2 Å². The van der Waals surface area contributed by atoms with Gasteiger partial charge in [0.2, 0.25) is 0 Å². The van der Waals surface area contributed by atoms with Crippen LogP contribution in [0.3, 0.4) is 0 Å². The first kappa shape index (κ1) is 26.3. The van der Waals surface area contributed by atoms with Crippen LogP contribution in [0.1, 0.15) is 44.0 Å². The van der Waals surface area contributed by atoms with Crippen LogP contribution in [0.15, 0.2) is 48.8 Å². The predicted molar refractivity (Wildman–Crippen MR) is 131 cm³/mol. The molecule has 3 heterocycles. The van der Waals surface area contributed by atoms with Crippen molar-refractivity contribution in [3.05, 3.63) is 54.4 Å². The Morgan fingerprint density at radius 1 is 1.08 bits per heavy atom. The van der Waals surface area contributed by atoms with Crippen molar-refractivity contribution in [1.29, 1.82) is 0 Å². The molecular weight excluding hydrogens is 489 g/mol. The number of carbonyl (C=O) groups excluding carboxylic acids is 2. The van der Waals surface area contributed by atoms with Crippen molar-refractivity contribution in [3.8, 4) is 11.6 Å². The molecule has 0 radical (unpaired) electrons. The van der Waals surface area contributed by atoms with Gasteiger partial charge in [0.05, 0.1) is 11.7 Å². The number of carbonyl (C=O) groups is 2. The van der Waals surface area contributed by atoms with E-state index < -0.39 is 24.2 Å². The molecule has 2 aromatic heterocycles. The summed E-state index contributed by atoms with van der Waals surface area (Å²) in [4.78, 5) is 30.5. The van der Waals surface area contributed by atoms with E-state index >= 15 is 0 Å². The van der Waals surface area contributed by atoms with Gasteiger partial charge >= 0.3 is 12.3 Å². The van der Waals surface area contributed by atoms with E-state index in [0.717, 1.165) is 5.52 Å². The highest BCUT2D eigenvalue weighted by Crippen LogP contribution is 2.24. The van der Waals surface area contributed by atoms with Crippen LogP contribution >= 0.6 is 0 Å². The van der Waals surface area contributed by atoms with Gasteiger partial charge in [-0.3, -0.25) is 4.79 Å². The van der Waals surface area contributed by atoms with E-state index in [1.165, 1.54) is 6.07 Å². The highest BCUT2D eigenvalue weighted by Gasteiger charge is 2.29. The lowest BCUT2D eigenvalue weighted by Crippen LogP contribution is -2.44. The SMILES string of the molecule is CC(C)(C)OC(=O)N1CCC(Oc2ccc(-n3ccc4cc(C(=O)NCC(F)(F)F)ccc43)nc2)CC1. The van der Waals surface area contributed by atoms with Crippen molar-refractivity contribution in [2.75, 3.05) is 19.6 Å². The second-order valence-electron chi connectivity index (χ2n) is 9.89. The van der Waals surface area contributed by atoms with Gasteiger partial charge in [0.1, 0.15) is 29.8 Å². The summed E-state index contributed by atoms with van der Waals surface area (Å²) in [6, 6.07) is 10.1. The molecule has 1 aliphatic heterocycles. The number of pyridine rings is 1. The van der Waals surface area contributed by atoms with E-state index in [0.29, 0.717) is 42.9 Å². The van der Waals surface area contributed by atoms with Crippen LogP contribution in [0.5, 0.6) is 5.75 Å². The summed E-state index contributed by atoms with van der Waals surface area (Å²) in [6.07, 6.45) is -0.0603. The zero-order valence-corrected chi connectivity index (χ0v) is 20.8. The minimum Gasteiger partial charge on any atom is -0.489 e. The highest BCUT2D eigenvalue weighted by molar-refractivity contribution is 5.98. The Labute approximate surface area is 212 Å². The topological polar surface area (TPSA) is 85.7 Å². The van der Waals surface area contributed by atoms with Crippen molar-refractivity contribution in [2.24, 2.45) is 0 Å². The lowest BCUT2D eigenvalue weighted by atomic mass is 10.1. The Morgan fingerprint density at radius 2 is 1.81 bits per heavy atom. The molecule has 1 fully saturated rings. The second kappa shape index (κ2) is 10.3. The normalized spacial score (nSPS) is 15.0. The third-order valence-electron chi connectivity index (χ3n) is 5.77. The van der Waals surface area contributed by atoms with Crippen LogP contribution in [0.4, 0.5) is 18.0 Å². The number of nitrogens with one attached hydrogen (secondary N) is 1. The van der Waals surface area contributed by atoms with Crippen molar-refractivity contribution >= 4 is 22.9 Å². The van der Waals surface area contributed by atoms with Gasteiger partial charge < -0.3 is 24.3 Å². The first-order valence-corrected chi connectivity index (χ1v) is 11.9. The average Bonchev–Trinajstić information content (AvgIpc) is 3.25. The Morgan fingerprint density at radius 3 is 2.43 bits per heavy atom. The minimum atomic E-state index is -4.47. The summed E-state index contributed by atoms with van der Waals surface area (Å²) in [5.74, 6) is 0.444. The van der Waals surface area contributed by atoms with Gasteiger partial charge in [-0.05, 0) is 57.2 Å². The van der Waals surface area contributed by atoms with Crippen LogP contribution < -0.4 is 10.1 Å². The van der Waals surface area contributed by atoms with Gasteiger partial charge in [-0.2, -0.15) is 13.2 Å². The molecule has 2 amide bonds. The molecule has 37 heavy (non-hydrogen) atoms. The highest BCUT2D eigenvalue weighted by atomic mass is 19.4. The molecule has 0 aliphatic carbocycles. The molecule has 198 valence electrons. The van der Waals surface area contributed by atoms with Gasteiger partial charge in [0.15, 0.2) is 0 Å². The largest absolute Gasteiger partial charge is 0.489 e. The predicted octanol–water partition coefficient (Wildman–Crippen LogP) is 5.10. The number of ether oxygens (including phenoxy) is 2. The molecule has 0 saturated carbocycles. The number of aromatic nitrogens is 2. The second-order valence-corrected chi connectivity index (χ2v) is 9.89. The number of alkyl halides is 3. The van der Waals surface area contributed by atoms with Gasteiger partial charge in [0, 0.05) is 43.1 Å². The molecule has 0 atom stereocenters. The fraction of sp³-hybridized carbons (Fsp3) is 0.423. The molecule has 1 saturated heterocycles. The van der Waals surface area contributed by atoms with Crippen LogP contribution in [0, 0.1) is 0 Å². The number of hydrogen-bond acceptors (Lipinski definition) is 5. The Balaban J connectivity index is 1.36. The molecular formula is C26H29F3N4O4. The molecule has 0 bridgehead atoms. The zero-order chi connectivity index (χ0) is 26.8. The molecule has 1 aromatic carbocycles. The van der Waals surface area contributed by atoms with E-state index in [9.17, 15) is 22.8 Å². The van der Waals surface area contributed by atoms with E-state index in [-0.39, 0.29) is 17.8 Å². The first-order valence-electron chi connectivity index (χ1n) is 11.9. The quantitative estimate of drug-likeness (QED) is 0.508. The maximum atomic E-state index is 12.4. The lowest BCUT2D eigenvalue weighted by Gasteiger charge is -2.33. The summed E-state index contributed by atoms with van der Waals surface area (Å²) in [5, 5.41) is 2.57. The van der Waals surface area contributed by atoms with Gasteiger partial charge in [-0.15, -0.1) is 0 Å². The first-order chi connectivity index (χ1) is 17.4. The third kappa shape index (κ3) is 6.93. The number of fused-ring (bicyclic) bond motifs is 1. The lowest BCUT2D eigenvalue weighted by molar-refractivity contribution is -0.123. The van der Waals surface area contributed by atoms with Crippen molar-refractivity contribution in [1.82, 2.24) is 19.8 Å². The van der Waals surface area contributed by atoms with E-state index in [4.69, 9.17) is 9.47 Å². The smallest absolute Gasteiger partial charge is 0.410 e. The Hall–Kier alpha value is -3.76. The number of amides is 2. The molecule has 3 aromatic rings. The number of likely N-dealkylation sites (tertiary alicyclic amines) is 1. The molecule has 1 N–H and O–H groups in total. The molecule has 8 nitrogen and oxygen atoms in total. The Bertz CT molecular complexity index is 1260. The summed E-state index contributed by atoms with van der Waals surface area (Å²) < 4.78 is 50.4. The molecule has 4 rings (SSSR count). The van der Waals surface area contributed by atoms with Crippen LogP contribution in [0.25, 0.3) is 16.7 Å². The summed E-state index contributed by atoms with van der Waals surface area (Å²) in [6.45, 7) is 5.24. The van der Waals surface area contributed by atoms with Crippen molar-refractivity contribution in [2.45, 2.75) is 51.5 Å². The van der Waals surface area contributed by atoms with Gasteiger partial charge in [0.25, 0.3) is 5.91 Å². The molecule has 0 unspecified atom stereocenters. The fourth-order valence-electron chi connectivity index (χ4n) is 4.03. The van der Waals surface area contributed by atoms with E-state index in [1.54, 1.807) is 41.6 Å². The molecule has 0 spiro atoms. The number of piperidine rings is 1. The monoisotopic (exact) mass is 518 g/mol. The maximum absolute atomic E-state index is 12.4. The van der Waals surface area contributed by atoms with Crippen LogP contribution in [-0.2, 0) is 4.74 Å². The average molecular weight is 519 g/mol. The van der Waals surface area contributed by atoms with E-state index in [2.05, 4.69) is 4.98 Å². The number of rotatable bonds is 5. The third-order valence-corrected chi connectivity index (χ3v) is 5.77. The number of benzene rings is 1. The van der Waals surface area contributed by atoms with Crippen LogP contribution in [-0.4, -0.2) is 64.0 Å². The number of nitrogens with zero attached hydrogens (tertiary/aromatic N) is 3. The maximum Gasteiger partial charge on any atom is 0.410 e. The number of hydrogen-bond donors (Lipinski definition) is 1. The minimum absolute atomic E-state index is 0.0411. The van der Waals surface area contributed by atoms with Crippen LogP contribution in [0.2, 0.25) is 0 Å². The fourth-order valence-corrected chi connectivity index (χ4v) is 4.03. The van der Waals surface area contributed by atoms with E-state index in [1.807, 2.05) is 36.7 Å². The van der Waals surface area contributed by atoms with Gasteiger partial charge in [-0.1, -0.05) is 0 Å². The summed E-state index contributed by atoms with van der Waals surface area (Å²) >= 11 is 0. The summed E-state index contributed by atoms with van der Waals surface area (Å²) in [7, 11) is 0. The zero-order valence-electron chi connectivity index (χ0n) is 20.8. The van der Waals surface area contributed by atoms with Gasteiger partial charge in [-0.25, -0.2) is 9.78 Å². The van der Waals surface area contributed by atoms with Crippen molar-refractivity contribution in [3.63, 3.8) is 0 Å². The number of halogens is 3. The standard InChI is InChI=1S/C26H29F3N4O4/c1-25(2,3)37-24(35)32-11-9-19(10-12-32)36-20-5-7-22(30-15-20)33-13-8-17-14-18(4-6-21(17)33)23(34)31-16-26(27,28)29/h4-8,13-15,19H,9-12,16H2,1-3H3,(H,31,34). The summed E-state index contributed by atoms with van der Waals surface area (Å²) in [5.41, 5.74) is 0.364. The Kier molecular flexibility index (Phi) is 7.33.